The maximum atomic E-state index is 12.6. The highest BCUT2D eigenvalue weighted by molar-refractivity contribution is 9.10. The Kier molecular flexibility index (Phi) is 6.34. The zero-order chi connectivity index (χ0) is 21.1. The molecule has 0 unspecified atom stereocenters. The Balaban J connectivity index is 1.69. The molecule has 1 aromatic heterocycles. The third-order valence-corrected chi connectivity index (χ3v) is 5.23. The minimum Gasteiger partial charge on any atom is -0.323 e. The van der Waals surface area contributed by atoms with Crippen LogP contribution in [0.4, 0.5) is 11.4 Å². The molecule has 0 atom stereocenters. The van der Waals surface area contributed by atoms with Gasteiger partial charge in [0, 0.05) is 4.47 Å². The van der Waals surface area contributed by atoms with Crippen LogP contribution in [-0.4, -0.2) is 26.8 Å². The first kappa shape index (κ1) is 21.0. The fourth-order valence-corrected chi connectivity index (χ4v) is 3.55. The number of benzene rings is 2. The van der Waals surface area contributed by atoms with E-state index in [4.69, 9.17) is 11.6 Å². The number of amides is 2. The topological polar surface area (TPSA) is 88.9 Å². The van der Waals surface area contributed by atoms with Crippen LogP contribution in [0.2, 0.25) is 5.02 Å². The summed E-state index contributed by atoms with van der Waals surface area (Å²) >= 11 is 9.57. The molecule has 3 aromatic rings. The fraction of sp³-hybridized carbons (Fsp3) is 0.200. The number of nitrogens with zero attached hydrogens (tertiary/aromatic N) is 3. The van der Waals surface area contributed by atoms with E-state index >= 15 is 0 Å². The fourth-order valence-electron chi connectivity index (χ4n) is 2.67. The number of carbonyl (C=O) groups excluding carboxylic acids is 2. The molecule has 29 heavy (non-hydrogen) atoms. The second-order valence-corrected chi connectivity index (χ2v) is 7.91. The highest BCUT2D eigenvalue weighted by atomic mass is 79.9. The van der Waals surface area contributed by atoms with Gasteiger partial charge in [-0.1, -0.05) is 28.9 Å². The molecule has 2 aromatic carbocycles. The molecule has 0 bridgehead atoms. The van der Waals surface area contributed by atoms with E-state index in [0.717, 1.165) is 15.6 Å². The van der Waals surface area contributed by atoms with Crippen molar-refractivity contribution in [3.05, 3.63) is 68.4 Å². The Morgan fingerprint density at radius 1 is 1.03 bits per heavy atom. The standard InChI is InChI=1S/C20H19BrClN5O2/c1-11-4-6-16(14(21)8-11)24-20(29)19-13(3)27(26-25-19)10-18(28)23-17-7-5-12(2)9-15(17)22/h4-9H,10H2,1-3H3,(H,23,28)(H,24,29). The number of hydrogen-bond donors (Lipinski definition) is 2. The van der Waals surface area contributed by atoms with Crippen molar-refractivity contribution in [2.75, 3.05) is 10.6 Å². The van der Waals surface area contributed by atoms with Crippen LogP contribution in [0, 0.1) is 20.8 Å². The highest BCUT2D eigenvalue weighted by Gasteiger charge is 2.19. The van der Waals surface area contributed by atoms with Gasteiger partial charge in [-0.2, -0.15) is 0 Å². The molecule has 3 rings (SSSR count). The molecule has 1 heterocycles. The van der Waals surface area contributed by atoms with E-state index < -0.39 is 5.91 Å². The van der Waals surface area contributed by atoms with Gasteiger partial charge >= 0.3 is 0 Å². The van der Waals surface area contributed by atoms with Crippen molar-refractivity contribution < 1.29 is 9.59 Å². The number of hydrogen-bond acceptors (Lipinski definition) is 4. The summed E-state index contributed by atoms with van der Waals surface area (Å²) in [6.45, 7) is 5.47. The van der Waals surface area contributed by atoms with Gasteiger partial charge in [0.25, 0.3) is 5.91 Å². The van der Waals surface area contributed by atoms with Gasteiger partial charge in [0.1, 0.15) is 6.54 Å². The summed E-state index contributed by atoms with van der Waals surface area (Å²) < 4.78 is 2.14. The van der Waals surface area contributed by atoms with E-state index in [9.17, 15) is 9.59 Å². The van der Waals surface area contributed by atoms with Gasteiger partial charge in [0.15, 0.2) is 5.69 Å². The Bertz CT molecular complexity index is 1100. The Labute approximate surface area is 181 Å². The molecule has 0 aliphatic rings. The molecule has 2 amide bonds. The summed E-state index contributed by atoms with van der Waals surface area (Å²) in [7, 11) is 0. The van der Waals surface area contributed by atoms with Gasteiger partial charge < -0.3 is 10.6 Å². The minimum absolute atomic E-state index is 0.0927. The van der Waals surface area contributed by atoms with E-state index in [0.29, 0.717) is 22.1 Å². The predicted octanol–water partition coefficient (Wildman–Crippen LogP) is 4.51. The number of aryl methyl sites for hydroxylation is 2. The normalized spacial score (nSPS) is 10.7. The number of carbonyl (C=O) groups is 2. The quantitative estimate of drug-likeness (QED) is 0.567. The number of halogens is 2. The molecule has 0 fully saturated rings. The Morgan fingerprint density at radius 2 is 1.69 bits per heavy atom. The van der Waals surface area contributed by atoms with Gasteiger partial charge in [0.05, 0.1) is 22.1 Å². The largest absolute Gasteiger partial charge is 0.323 e. The van der Waals surface area contributed by atoms with Crippen molar-refractivity contribution in [2.45, 2.75) is 27.3 Å². The van der Waals surface area contributed by atoms with Crippen LogP contribution in [0.5, 0.6) is 0 Å². The third-order valence-electron chi connectivity index (χ3n) is 4.26. The van der Waals surface area contributed by atoms with E-state index in [1.165, 1.54) is 4.68 Å². The maximum Gasteiger partial charge on any atom is 0.278 e. The molecule has 9 heteroatoms. The van der Waals surface area contributed by atoms with Crippen LogP contribution >= 0.6 is 27.5 Å². The third kappa shape index (κ3) is 5.02. The zero-order valence-corrected chi connectivity index (χ0v) is 18.4. The van der Waals surface area contributed by atoms with Crippen molar-refractivity contribution >= 4 is 50.7 Å². The lowest BCUT2D eigenvalue weighted by Gasteiger charge is -2.09. The van der Waals surface area contributed by atoms with Crippen molar-refractivity contribution in [2.24, 2.45) is 0 Å². The zero-order valence-electron chi connectivity index (χ0n) is 16.1. The van der Waals surface area contributed by atoms with Gasteiger partial charge in [-0.05, 0) is 72.1 Å². The van der Waals surface area contributed by atoms with Crippen molar-refractivity contribution in [1.82, 2.24) is 15.0 Å². The van der Waals surface area contributed by atoms with Gasteiger partial charge in [-0.3, -0.25) is 9.59 Å². The van der Waals surface area contributed by atoms with Gasteiger partial charge in [-0.25, -0.2) is 4.68 Å². The second kappa shape index (κ2) is 8.75. The van der Waals surface area contributed by atoms with Crippen LogP contribution in [0.1, 0.15) is 27.3 Å². The molecule has 0 radical (unpaired) electrons. The van der Waals surface area contributed by atoms with Crippen molar-refractivity contribution in [3.8, 4) is 0 Å². The summed E-state index contributed by atoms with van der Waals surface area (Å²) in [6, 6.07) is 11.0. The van der Waals surface area contributed by atoms with Gasteiger partial charge in [0.2, 0.25) is 5.91 Å². The number of nitrogens with one attached hydrogen (secondary N) is 2. The average Bonchev–Trinajstić information content (AvgIpc) is 3.00. The maximum absolute atomic E-state index is 12.6. The number of anilines is 2. The van der Waals surface area contributed by atoms with Crippen molar-refractivity contribution in [3.63, 3.8) is 0 Å². The first-order valence-electron chi connectivity index (χ1n) is 8.78. The Morgan fingerprint density at radius 3 is 2.34 bits per heavy atom. The van der Waals surface area contributed by atoms with Crippen molar-refractivity contribution in [1.29, 1.82) is 0 Å². The number of rotatable bonds is 5. The van der Waals surface area contributed by atoms with Crippen LogP contribution in [0.3, 0.4) is 0 Å². The molecule has 2 N–H and O–H groups in total. The van der Waals surface area contributed by atoms with Gasteiger partial charge in [-0.15, -0.1) is 5.10 Å². The molecule has 0 spiro atoms. The smallest absolute Gasteiger partial charge is 0.278 e. The molecule has 0 saturated heterocycles. The lowest BCUT2D eigenvalue weighted by molar-refractivity contribution is -0.117. The van der Waals surface area contributed by atoms with Crippen LogP contribution in [0.15, 0.2) is 40.9 Å². The summed E-state index contributed by atoms with van der Waals surface area (Å²) in [5, 5.41) is 13.8. The lowest BCUT2D eigenvalue weighted by Crippen LogP contribution is -2.21. The van der Waals surface area contributed by atoms with E-state index in [-0.39, 0.29) is 18.1 Å². The molecule has 150 valence electrons. The van der Waals surface area contributed by atoms with Crippen LogP contribution < -0.4 is 10.6 Å². The number of aromatic nitrogens is 3. The van der Waals surface area contributed by atoms with Crippen LogP contribution in [0.25, 0.3) is 0 Å². The first-order chi connectivity index (χ1) is 13.7. The lowest BCUT2D eigenvalue weighted by atomic mass is 10.2. The van der Waals surface area contributed by atoms with E-state index in [1.807, 2.05) is 32.0 Å². The van der Waals surface area contributed by atoms with E-state index in [2.05, 4.69) is 36.9 Å². The molecule has 0 aliphatic heterocycles. The molecule has 0 saturated carbocycles. The average molecular weight is 477 g/mol. The summed E-state index contributed by atoms with van der Waals surface area (Å²) in [4.78, 5) is 24.9. The molecular formula is C20H19BrClN5O2. The first-order valence-corrected chi connectivity index (χ1v) is 9.95. The summed E-state index contributed by atoms with van der Waals surface area (Å²) in [5.41, 5.74) is 3.84. The second-order valence-electron chi connectivity index (χ2n) is 6.65. The molecule has 7 nitrogen and oxygen atoms in total. The molecular weight excluding hydrogens is 458 g/mol. The minimum atomic E-state index is -0.403. The van der Waals surface area contributed by atoms with Crippen LogP contribution in [-0.2, 0) is 11.3 Å². The molecule has 0 aliphatic carbocycles. The monoisotopic (exact) mass is 475 g/mol. The van der Waals surface area contributed by atoms with E-state index in [1.54, 1.807) is 25.1 Å². The SMILES string of the molecule is Cc1ccc(NC(=O)Cn2nnc(C(=O)Nc3ccc(C)cc3Br)c2C)c(Cl)c1. The Hall–Kier alpha value is -2.71. The summed E-state index contributed by atoms with van der Waals surface area (Å²) in [6.07, 6.45) is 0. The predicted molar refractivity (Wildman–Crippen MR) is 116 cm³/mol. The summed E-state index contributed by atoms with van der Waals surface area (Å²) in [5.74, 6) is -0.725. The highest BCUT2D eigenvalue weighted by Crippen LogP contribution is 2.24.